The molecule has 0 spiro atoms. The summed E-state index contributed by atoms with van der Waals surface area (Å²) < 4.78 is 0. The summed E-state index contributed by atoms with van der Waals surface area (Å²) in [6.07, 6.45) is 0.986. The van der Waals surface area contributed by atoms with Crippen LogP contribution in [0.1, 0.15) is 35.5 Å². The van der Waals surface area contributed by atoms with E-state index in [0.717, 1.165) is 23.2 Å². The molecule has 6 heteroatoms. The Kier molecular flexibility index (Phi) is 5.49. The molecule has 0 bridgehead atoms. The molecule has 0 unspecified atom stereocenters. The highest BCUT2D eigenvalue weighted by Gasteiger charge is 2.11. The lowest BCUT2D eigenvalue weighted by molar-refractivity contribution is 0.0950. The normalized spacial score (nSPS) is 11.4. The minimum atomic E-state index is -0.345. The van der Waals surface area contributed by atoms with Crippen LogP contribution in [-0.4, -0.2) is 21.8 Å². The lowest BCUT2D eigenvalue weighted by Crippen LogP contribution is -2.19. The molecule has 1 aromatic heterocycles. The summed E-state index contributed by atoms with van der Waals surface area (Å²) >= 11 is 5.87. The highest BCUT2D eigenvalue weighted by atomic mass is 35.5. The molecular formula is C20H19ClN4O. The van der Waals surface area contributed by atoms with Crippen LogP contribution in [0.5, 0.6) is 0 Å². The summed E-state index contributed by atoms with van der Waals surface area (Å²) in [5, 5.41) is 11.8. The van der Waals surface area contributed by atoms with Gasteiger partial charge in [0.25, 0.3) is 5.91 Å². The van der Waals surface area contributed by atoms with E-state index in [1.165, 1.54) is 5.56 Å². The van der Waals surface area contributed by atoms with Crippen molar-refractivity contribution in [1.82, 2.24) is 15.6 Å². The van der Waals surface area contributed by atoms with Crippen LogP contribution in [0.4, 0.5) is 0 Å². The van der Waals surface area contributed by atoms with Gasteiger partial charge in [0.1, 0.15) is 5.69 Å². The second-order valence-electron chi connectivity index (χ2n) is 5.86. The molecule has 0 aliphatic carbocycles. The zero-order valence-electron chi connectivity index (χ0n) is 14.6. The largest absolute Gasteiger partial charge is 0.289 e. The summed E-state index contributed by atoms with van der Waals surface area (Å²) in [6.45, 7) is 3.93. The molecule has 0 atom stereocenters. The number of hydrogen-bond acceptors (Lipinski definition) is 3. The van der Waals surface area contributed by atoms with Crippen LogP contribution in [0.15, 0.2) is 59.7 Å². The van der Waals surface area contributed by atoms with Gasteiger partial charge in [0, 0.05) is 10.6 Å². The van der Waals surface area contributed by atoms with E-state index in [0.29, 0.717) is 16.4 Å². The van der Waals surface area contributed by atoms with Crippen molar-refractivity contribution in [1.29, 1.82) is 0 Å². The van der Waals surface area contributed by atoms with Crippen molar-refractivity contribution in [2.24, 2.45) is 5.10 Å². The Morgan fingerprint density at radius 2 is 1.85 bits per heavy atom. The maximum absolute atomic E-state index is 12.3. The van der Waals surface area contributed by atoms with E-state index in [1.54, 1.807) is 18.2 Å². The number of aromatic nitrogens is 2. The Hall–Kier alpha value is -2.92. The number of aryl methyl sites for hydroxylation is 1. The molecule has 0 radical (unpaired) electrons. The van der Waals surface area contributed by atoms with Crippen molar-refractivity contribution >= 4 is 23.2 Å². The number of nitrogens with one attached hydrogen (secondary N) is 2. The van der Waals surface area contributed by atoms with Crippen LogP contribution in [-0.2, 0) is 6.42 Å². The van der Waals surface area contributed by atoms with E-state index in [-0.39, 0.29) is 5.91 Å². The van der Waals surface area contributed by atoms with Gasteiger partial charge in [-0.05, 0) is 42.7 Å². The van der Waals surface area contributed by atoms with Gasteiger partial charge in [-0.15, -0.1) is 0 Å². The van der Waals surface area contributed by atoms with Crippen molar-refractivity contribution in [2.45, 2.75) is 20.3 Å². The summed E-state index contributed by atoms with van der Waals surface area (Å²) in [6, 6.07) is 17.1. The Bertz CT molecular complexity index is 927. The Morgan fingerprint density at radius 3 is 2.50 bits per heavy atom. The Balaban J connectivity index is 1.69. The summed E-state index contributed by atoms with van der Waals surface area (Å²) in [5.74, 6) is -0.345. The molecule has 3 aromatic rings. The number of aromatic amines is 1. The number of hydrazone groups is 1. The molecule has 2 aromatic carbocycles. The molecule has 3 rings (SSSR count). The van der Waals surface area contributed by atoms with Crippen LogP contribution >= 0.6 is 11.6 Å². The molecule has 0 aliphatic rings. The number of benzene rings is 2. The van der Waals surface area contributed by atoms with Crippen molar-refractivity contribution in [3.63, 3.8) is 0 Å². The molecule has 5 nitrogen and oxygen atoms in total. The first-order valence-corrected chi connectivity index (χ1v) is 8.70. The zero-order valence-corrected chi connectivity index (χ0v) is 15.3. The molecule has 132 valence electrons. The number of H-pyrrole nitrogens is 1. The number of carbonyl (C=O) groups excluding carboxylic acids is 1. The minimum Gasteiger partial charge on any atom is -0.272 e. The van der Waals surface area contributed by atoms with E-state index in [1.807, 2.05) is 31.2 Å². The van der Waals surface area contributed by atoms with Gasteiger partial charge in [-0.25, -0.2) is 5.43 Å². The summed E-state index contributed by atoms with van der Waals surface area (Å²) in [7, 11) is 0. The molecular weight excluding hydrogens is 348 g/mol. The molecule has 0 aliphatic heterocycles. The summed E-state index contributed by atoms with van der Waals surface area (Å²) in [5.41, 5.74) is 7.40. The fraction of sp³-hybridized carbons (Fsp3) is 0.150. The van der Waals surface area contributed by atoms with E-state index < -0.39 is 0 Å². The van der Waals surface area contributed by atoms with Crippen LogP contribution in [0.3, 0.4) is 0 Å². The van der Waals surface area contributed by atoms with Gasteiger partial charge in [-0.3, -0.25) is 9.89 Å². The van der Waals surface area contributed by atoms with Crippen molar-refractivity contribution < 1.29 is 4.79 Å². The van der Waals surface area contributed by atoms with E-state index in [2.05, 4.69) is 39.8 Å². The molecule has 0 fully saturated rings. The molecule has 1 amide bonds. The first kappa shape index (κ1) is 17.9. The highest BCUT2D eigenvalue weighted by molar-refractivity contribution is 6.30. The fourth-order valence-electron chi connectivity index (χ4n) is 2.45. The van der Waals surface area contributed by atoms with Gasteiger partial charge in [0.05, 0.1) is 11.4 Å². The second-order valence-corrected chi connectivity index (χ2v) is 6.30. The quantitative estimate of drug-likeness (QED) is 0.517. The van der Waals surface area contributed by atoms with E-state index >= 15 is 0 Å². The van der Waals surface area contributed by atoms with Crippen LogP contribution < -0.4 is 5.43 Å². The second kappa shape index (κ2) is 7.97. The summed E-state index contributed by atoms with van der Waals surface area (Å²) in [4.78, 5) is 12.3. The van der Waals surface area contributed by atoms with Crippen molar-refractivity contribution in [3.8, 4) is 11.3 Å². The number of rotatable bonds is 5. The third-order valence-corrected chi connectivity index (χ3v) is 4.32. The Labute approximate surface area is 157 Å². The topological polar surface area (TPSA) is 70.1 Å². The molecule has 0 saturated carbocycles. The predicted octanol–water partition coefficient (Wildman–Crippen LogP) is 4.45. The average Bonchev–Trinajstić information content (AvgIpc) is 3.17. The third kappa shape index (κ3) is 4.18. The number of hydrogen-bond donors (Lipinski definition) is 2. The van der Waals surface area contributed by atoms with E-state index in [9.17, 15) is 4.79 Å². The molecule has 1 heterocycles. The van der Waals surface area contributed by atoms with Crippen LogP contribution in [0, 0.1) is 0 Å². The van der Waals surface area contributed by atoms with Gasteiger partial charge in [0.15, 0.2) is 0 Å². The number of halogens is 1. The maximum atomic E-state index is 12.3. The first-order chi connectivity index (χ1) is 12.6. The number of carbonyl (C=O) groups is 1. The monoisotopic (exact) mass is 366 g/mol. The minimum absolute atomic E-state index is 0.345. The smallest absolute Gasteiger partial charge is 0.272 e. The van der Waals surface area contributed by atoms with Crippen molar-refractivity contribution in [3.05, 3.63) is 76.4 Å². The van der Waals surface area contributed by atoms with Crippen LogP contribution in [0.2, 0.25) is 5.02 Å². The number of nitrogens with zero attached hydrogens (tertiary/aromatic N) is 2. The maximum Gasteiger partial charge on any atom is 0.289 e. The number of amides is 1. The third-order valence-electron chi connectivity index (χ3n) is 4.07. The Morgan fingerprint density at radius 1 is 1.15 bits per heavy atom. The van der Waals surface area contributed by atoms with Crippen LogP contribution in [0.25, 0.3) is 11.3 Å². The van der Waals surface area contributed by atoms with Crippen molar-refractivity contribution in [2.75, 3.05) is 0 Å². The van der Waals surface area contributed by atoms with Gasteiger partial charge in [-0.2, -0.15) is 10.2 Å². The first-order valence-electron chi connectivity index (χ1n) is 8.32. The fourth-order valence-corrected chi connectivity index (χ4v) is 2.57. The zero-order chi connectivity index (χ0) is 18.5. The van der Waals surface area contributed by atoms with E-state index in [4.69, 9.17) is 11.6 Å². The predicted molar refractivity (Wildman–Crippen MR) is 105 cm³/mol. The lowest BCUT2D eigenvalue weighted by Gasteiger charge is -2.02. The standard InChI is InChI=1S/C20H19ClN4O/c1-3-14-4-6-16(7-5-14)18-12-19(24-23-18)20(26)25-22-13(2)15-8-10-17(21)11-9-15/h4-12H,3H2,1-2H3,(H,23,24)(H,25,26)/b22-13+. The highest BCUT2D eigenvalue weighted by Crippen LogP contribution is 2.18. The molecule has 2 N–H and O–H groups in total. The average molecular weight is 367 g/mol. The van der Waals surface area contributed by atoms with Gasteiger partial charge in [-0.1, -0.05) is 54.9 Å². The molecule has 0 saturated heterocycles. The van der Waals surface area contributed by atoms with Gasteiger partial charge < -0.3 is 0 Å². The SMILES string of the molecule is CCc1ccc(-c2cc(C(=O)N/N=C(\C)c3ccc(Cl)cc3)[nH]n2)cc1. The van der Waals surface area contributed by atoms with Gasteiger partial charge in [0.2, 0.25) is 0 Å². The molecule has 26 heavy (non-hydrogen) atoms. The van der Waals surface area contributed by atoms with Gasteiger partial charge >= 0.3 is 0 Å². The lowest BCUT2D eigenvalue weighted by atomic mass is 10.1.